The first-order valence-electron chi connectivity index (χ1n) is 6.11. The number of benzene rings is 2. The van der Waals surface area contributed by atoms with Crippen LogP contribution in [0.2, 0.25) is 0 Å². The highest BCUT2D eigenvalue weighted by atomic mass is 127. The van der Waals surface area contributed by atoms with Crippen molar-refractivity contribution in [1.82, 2.24) is 0 Å². The average molecular weight is 378 g/mol. The fraction of sp³-hybridized carbons (Fsp3) is 0.0625. The van der Waals surface area contributed by atoms with Crippen LogP contribution in [0.15, 0.2) is 52.9 Å². The van der Waals surface area contributed by atoms with Gasteiger partial charge in [0.2, 0.25) is 0 Å². The molecule has 0 fully saturated rings. The average Bonchev–Trinajstić information content (AvgIpc) is 2.77. The second kappa shape index (κ2) is 5.28. The van der Waals surface area contributed by atoms with E-state index in [0.717, 1.165) is 25.9 Å². The summed E-state index contributed by atoms with van der Waals surface area (Å²) in [5.74, 6) is 0.893. The normalized spacial score (nSPS) is 10.7. The Morgan fingerprint density at radius 3 is 2.55 bits per heavy atom. The van der Waals surface area contributed by atoms with Crippen molar-refractivity contribution >= 4 is 39.5 Å². The first kappa shape index (κ1) is 13.2. The highest BCUT2D eigenvalue weighted by Gasteiger charge is 2.17. The molecule has 0 saturated carbocycles. The van der Waals surface area contributed by atoms with Crippen LogP contribution in [0.25, 0.3) is 22.3 Å². The van der Waals surface area contributed by atoms with E-state index in [4.69, 9.17) is 9.15 Å². The van der Waals surface area contributed by atoms with Gasteiger partial charge in [-0.25, -0.2) is 0 Å². The number of ether oxygens (including phenoxy) is 1. The highest BCUT2D eigenvalue weighted by molar-refractivity contribution is 14.1. The van der Waals surface area contributed by atoms with Crippen molar-refractivity contribution in [2.24, 2.45) is 0 Å². The zero-order valence-electron chi connectivity index (χ0n) is 10.7. The van der Waals surface area contributed by atoms with E-state index >= 15 is 0 Å². The second-order valence-corrected chi connectivity index (χ2v) is 5.41. The van der Waals surface area contributed by atoms with Crippen molar-refractivity contribution in [2.45, 2.75) is 6.92 Å². The van der Waals surface area contributed by atoms with Gasteiger partial charge in [0.1, 0.15) is 11.3 Å². The third-order valence-corrected chi connectivity index (χ3v) is 3.99. The SMILES string of the molecule is CC(=O)Oc1ccccc1-c1oc2ccccc2c1I. The number of carbonyl (C=O) groups is 1. The summed E-state index contributed by atoms with van der Waals surface area (Å²) in [6, 6.07) is 15.2. The molecule has 0 N–H and O–H groups in total. The molecule has 0 spiro atoms. The number of fused-ring (bicyclic) bond motifs is 1. The van der Waals surface area contributed by atoms with Crippen molar-refractivity contribution in [3.63, 3.8) is 0 Å². The van der Waals surface area contributed by atoms with Gasteiger partial charge >= 0.3 is 5.97 Å². The molecule has 0 aliphatic rings. The molecule has 0 saturated heterocycles. The molecule has 1 aromatic heterocycles. The molecular formula is C16H11IO3. The number of para-hydroxylation sites is 2. The number of rotatable bonds is 2. The number of hydrogen-bond donors (Lipinski definition) is 0. The number of carbonyl (C=O) groups excluding carboxylic acids is 1. The summed E-state index contributed by atoms with van der Waals surface area (Å²) >= 11 is 2.25. The monoisotopic (exact) mass is 378 g/mol. The number of hydrogen-bond acceptors (Lipinski definition) is 3. The smallest absolute Gasteiger partial charge is 0.308 e. The van der Waals surface area contributed by atoms with E-state index in [1.165, 1.54) is 6.92 Å². The van der Waals surface area contributed by atoms with Gasteiger partial charge in [-0.15, -0.1) is 0 Å². The molecule has 3 aromatic rings. The number of halogens is 1. The maximum atomic E-state index is 11.2. The van der Waals surface area contributed by atoms with Gasteiger partial charge in [0, 0.05) is 12.3 Å². The zero-order valence-corrected chi connectivity index (χ0v) is 12.9. The van der Waals surface area contributed by atoms with E-state index in [-0.39, 0.29) is 5.97 Å². The largest absolute Gasteiger partial charge is 0.455 e. The van der Waals surface area contributed by atoms with Gasteiger partial charge in [-0.1, -0.05) is 30.3 Å². The molecule has 20 heavy (non-hydrogen) atoms. The van der Waals surface area contributed by atoms with Crippen LogP contribution in [0.3, 0.4) is 0 Å². The summed E-state index contributed by atoms with van der Waals surface area (Å²) in [6.45, 7) is 1.39. The van der Waals surface area contributed by atoms with Crippen LogP contribution in [-0.4, -0.2) is 5.97 Å². The molecular weight excluding hydrogens is 367 g/mol. The Labute approximate surface area is 129 Å². The van der Waals surface area contributed by atoms with Crippen LogP contribution in [0.1, 0.15) is 6.92 Å². The lowest BCUT2D eigenvalue weighted by molar-refractivity contribution is -0.131. The van der Waals surface area contributed by atoms with E-state index in [2.05, 4.69) is 22.6 Å². The Bertz CT molecular complexity index is 789. The Morgan fingerprint density at radius 1 is 1.10 bits per heavy atom. The molecule has 100 valence electrons. The summed E-state index contributed by atoms with van der Waals surface area (Å²) in [4.78, 5) is 11.2. The van der Waals surface area contributed by atoms with E-state index in [0.29, 0.717) is 5.75 Å². The Kier molecular flexibility index (Phi) is 3.48. The summed E-state index contributed by atoms with van der Waals surface area (Å²) in [5, 5.41) is 1.06. The standard InChI is InChI=1S/C16H11IO3/c1-10(18)19-14-9-5-3-7-12(14)16-15(17)11-6-2-4-8-13(11)20-16/h2-9H,1H3. The van der Waals surface area contributed by atoms with E-state index < -0.39 is 0 Å². The van der Waals surface area contributed by atoms with Gasteiger partial charge in [-0.3, -0.25) is 4.79 Å². The van der Waals surface area contributed by atoms with Crippen molar-refractivity contribution in [3.05, 3.63) is 52.1 Å². The van der Waals surface area contributed by atoms with Gasteiger partial charge in [-0.05, 0) is 40.8 Å². The quantitative estimate of drug-likeness (QED) is 0.371. The molecule has 0 aliphatic heterocycles. The number of furan rings is 1. The molecule has 2 aromatic carbocycles. The molecule has 0 amide bonds. The summed E-state index contributed by atoms with van der Waals surface area (Å²) in [6.07, 6.45) is 0. The first-order valence-corrected chi connectivity index (χ1v) is 7.19. The Hall–Kier alpha value is -1.82. The van der Waals surface area contributed by atoms with Crippen LogP contribution >= 0.6 is 22.6 Å². The molecule has 0 unspecified atom stereocenters. The fourth-order valence-electron chi connectivity index (χ4n) is 2.09. The third-order valence-electron chi connectivity index (χ3n) is 2.92. The van der Waals surface area contributed by atoms with Gasteiger partial charge in [0.15, 0.2) is 5.76 Å². The third kappa shape index (κ3) is 2.31. The van der Waals surface area contributed by atoms with E-state index in [9.17, 15) is 4.79 Å². The molecule has 3 nitrogen and oxygen atoms in total. The van der Waals surface area contributed by atoms with Crippen molar-refractivity contribution in [2.75, 3.05) is 0 Å². The molecule has 1 heterocycles. The molecule has 3 rings (SSSR count). The zero-order chi connectivity index (χ0) is 14.1. The number of esters is 1. The maximum absolute atomic E-state index is 11.2. The summed E-state index contributed by atoms with van der Waals surface area (Å²) < 4.78 is 12.2. The highest BCUT2D eigenvalue weighted by Crippen LogP contribution is 2.38. The van der Waals surface area contributed by atoms with E-state index in [1.807, 2.05) is 42.5 Å². The van der Waals surface area contributed by atoms with Gasteiger partial charge in [0.05, 0.1) is 9.13 Å². The van der Waals surface area contributed by atoms with Crippen molar-refractivity contribution < 1.29 is 13.9 Å². The van der Waals surface area contributed by atoms with Gasteiger partial charge in [-0.2, -0.15) is 0 Å². The molecule has 0 bridgehead atoms. The summed E-state index contributed by atoms with van der Waals surface area (Å²) in [5.41, 5.74) is 1.60. The Morgan fingerprint density at radius 2 is 1.80 bits per heavy atom. The van der Waals surface area contributed by atoms with Crippen LogP contribution in [-0.2, 0) is 4.79 Å². The van der Waals surface area contributed by atoms with Crippen LogP contribution in [0.4, 0.5) is 0 Å². The minimum absolute atomic E-state index is 0.344. The lowest BCUT2D eigenvalue weighted by Crippen LogP contribution is -2.02. The molecule has 0 atom stereocenters. The van der Waals surface area contributed by atoms with Crippen molar-refractivity contribution in [3.8, 4) is 17.1 Å². The first-order chi connectivity index (χ1) is 9.66. The van der Waals surface area contributed by atoms with Gasteiger partial charge in [0.25, 0.3) is 0 Å². The fourth-order valence-corrected chi connectivity index (χ4v) is 2.93. The predicted octanol–water partition coefficient (Wildman–Crippen LogP) is 4.63. The summed E-state index contributed by atoms with van der Waals surface area (Å²) in [7, 11) is 0. The van der Waals surface area contributed by atoms with E-state index in [1.54, 1.807) is 6.07 Å². The Balaban J connectivity index is 2.20. The minimum Gasteiger partial charge on any atom is -0.455 e. The predicted molar refractivity (Wildman–Crippen MR) is 85.7 cm³/mol. The lowest BCUT2D eigenvalue weighted by Gasteiger charge is -2.06. The maximum Gasteiger partial charge on any atom is 0.308 e. The van der Waals surface area contributed by atoms with Crippen LogP contribution in [0, 0.1) is 3.57 Å². The van der Waals surface area contributed by atoms with Crippen LogP contribution < -0.4 is 4.74 Å². The minimum atomic E-state index is -0.344. The van der Waals surface area contributed by atoms with Crippen LogP contribution in [0.5, 0.6) is 5.75 Å². The molecule has 4 heteroatoms. The lowest BCUT2D eigenvalue weighted by atomic mass is 10.1. The molecule has 0 radical (unpaired) electrons. The molecule has 0 aliphatic carbocycles. The topological polar surface area (TPSA) is 39.4 Å². The van der Waals surface area contributed by atoms with Crippen molar-refractivity contribution in [1.29, 1.82) is 0 Å². The second-order valence-electron chi connectivity index (χ2n) is 4.33. The van der Waals surface area contributed by atoms with Gasteiger partial charge < -0.3 is 9.15 Å².